The Kier molecular flexibility index (Phi) is 7.15. The van der Waals surface area contributed by atoms with E-state index in [9.17, 15) is 4.79 Å². The van der Waals surface area contributed by atoms with Crippen molar-refractivity contribution in [3.05, 3.63) is 54.7 Å². The van der Waals surface area contributed by atoms with Crippen molar-refractivity contribution < 1.29 is 4.79 Å². The summed E-state index contributed by atoms with van der Waals surface area (Å²) in [7, 11) is 6.29. The van der Waals surface area contributed by atoms with E-state index in [2.05, 4.69) is 70.7 Å². The lowest BCUT2D eigenvalue weighted by atomic mass is 9.94. The molecule has 170 valence electrons. The Morgan fingerprint density at radius 3 is 2.41 bits per heavy atom. The minimum Gasteiger partial charge on any atom is -0.378 e. The molecule has 0 spiro atoms. The summed E-state index contributed by atoms with van der Waals surface area (Å²) in [6, 6.07) is 17.8. The van der Waals surface area contributed by atoms with Crippen molar-refractivity contribution in [2.24, 2.45) is 0 Å². The lowest BCUT2D eigenvalue weighted by Crippen LogP contribution is -2.40. The van der Waals surface area contributed by atoms with E-state index in [0.29, 0.717) is 19.1 Å². The van der Waals surface area contributed by atoms with Gasteiger partial charge in [0.2, 0.25) is 5.91 Å². The quantitative estimate of drug-likeness (QED) is 0.558. The van der Waals surface area contributed by atoms with Crippen molar-refractivity contribution in [2.45, 2.75) is 44.7 Å². The Morgan fingerprint density at radius 1 is 0.969 bits per heavy atom. The summed E-state index contributed by atoms with van der Waals surface area (Å²) < 4.78 is 2.05. The van der Waals surface area contributed by atoms with E-state index in [4.69, 9.17) is 0 Å². The highest BCUT2D eigenvalue weighted by Gasteiger charge is 2.17. The zero-order valence-electron chi connectivity index (χ0n) is 19.7. The maximum atomic E-state index is 12.6. The molecule has 0 atom stereocenters. The number of benzene rings is 2. The van der Waals surface area contributed by atoms with E-state index in [1.807, 2.05) is 24.9 Å². The normalized spacial score (nSPS) is 14.8. The number of likely N-dealkylation sites (N-methyl/N-ethyl adjacent to an activating group) is 1. The molecule has 1 fully saturated rings. The summed E-state index contributed by atoms with van der Waals surface area (Å²) in [6.45, 7) is 1.96. The first-order valence-corrected chi connectivity index (χ1v) is 11.8. The van der Waals surface area contributed by atoms with Crippen LogP contribution in [0.25, 0.3) is 22.0 Å². The summed E-state index contributed by atoms with van der Waals surface area (Å²) in [5.74, 6) is 0.0697. The molecule has 1 heterocycles. The lowest BCUT2D eigenvalue weighted by Gasteiger charge is -2.31. The van der Waals surface area contributed by atoms with Crippen LogP contribution >= 0.6 is 0 Å². The Bertz CT molecular complexity index is 1030. The third kappa shape index (κ3) is 5.33. The highest BCUT2D eigenvalue weighted by atomic mass is 16.1. The van der Waals surface area contributed by atoms with Gasteiger partial charge in [-0.2, -0.15) is 0 Å². The van der Waals surface area contributed by atoms with Crippen LogP contribution in [0.5, 0.6) is 0 Å². The van der Waals surface area contributed by atoms with Crippen LogP contribution in [0.2, 0.25) is 0 Å². The fourth-order valence-electron chi connectivity index (χ4n) is 4.74. The van der Waals surface area contributed by atoms with E-state index in [1.54, 1.807) is 0 Å². The van der Waals surface area contributed by atoms with Crippen molar-refractivity contribution in [2.75, 3.05) is 39.1 Å². The van der Waals surface area contributed by atoms with Gasteiger partial charge in [-0.05, 0) is 60.7 Å². The average molecular weight is 433 g/mol. The minimum atomic E-state index is 0.0697. The van der Waals surface area contributed by atoms with E-state index in [0.717, 1.165) is 23.0 Å². The number of amides is 1. The van der Waals surface area contributed by atoms with Crippen molar-refractivity contribution in [1.29, 1.82) is 0 Å². The number of fused-ring (bicyclic) bond motifs is 1. The largest absolute Gasteiger partial charge is 0.378 e. The van der Waals surface area contributed by atoms with Gasteiger partial charge in [-0.15, -0.1) is 0 Å². The van der Waals surface area contributed by atoms with Crippen LogP contribution in [0.3, 0.4) is 0 Å². The van der Waals surface area contributed by atoms with Crippen LogP contribution in [0, 0.1) is 0 Å². The van der Waals surface area contributed by atoms with Gasteiger partial charge in [0.15, 0.2) is 0 Å². The van der Waals surface area contributed by atoms with Crippen LogP contribution in [0.4, 0.5) is 5.69 Å². The van der Waals surface area contributed by atoms with E-state index in [1.165, 1.54) is 43.4 Å². The van der Waals surface area contributed by atoms with Gasteiger partial charge in [0.05, 0.1) is 0 Å². The van der Waals surface area contributed by atoms with Crippen LogP contribution in [-0.2, 0) is 11.3 Å². The molecule has 3 aromatic rings. The molecular formula is C27H36N4O. The third-order valence-electron chi connectivity index (χ3n) is 6.79. The van der Waals surface area contributed by atoms with Crippen LogP contribution < -0.4 is 10.2 Å². The molecule has 0 radical (unpaired) electrons. The molecule has 1 saturated carbocycles. The molecular weight excluding hydrogens is 396 g/mol. The molecule has 5 nitrogen and oxygen atoms in total. The van der Waals surface area contributed by atoms with Gasteiger partial charge in [-0.1, -0.05) is 43.5 Å². The molecule has 2 aromatic carbocycles. The summed E-state index contributed by atoms with van der Waals surface area (Å²) >= 11 is 0. The molecule has 0 aliphatic heterocycles. The first-order valence-electron chi connectivity index (χ1n) is 11.8. The average Bonchev–Trinajstić information content (AvgIpc) is 3.21. The van der Waals surface area contributed by atoms with Crippen molar-refractivity contribution in [3.63, 3.8) is 0 Å². The van der Waals surface area contributed by atoms with Crippen LogP contribution in [0.1, 0.15) is 32.1 Å². The van der Waals surface area contributed by atoms with Gasteiger partial charge >= 0.3 is 0 Å². The Labute approximate surface area is 192 Å². The van der Waals surface area contributed by atoms with Crippen molar-refractivity contribution in [1.82, 2.24) is 14.8 Å². The summed E-state index contributed by atoms with van der Waals surface area (Å²) in [5.41, 5.74) is 4.62. The summed E-state index contributed by atoms with van der Waals surface area (Å²) in [6.07, 6.45) is 8.64. The number of hydrogen-bond donors (Lipinski definition) is 1. The van der Waals surface area contributed by atoms with Gasteiger partial charge in [-0.25, -0.2) is 0 Å². The minimum absolute atomic E-state index is 0.0697. The van der Waals surface area contributed by atoms with Crippen molar-refractivity contribution in [3.8, 4) is 11.1 Å². The number of carbonyl (C=O) groups excluding carboxylic acids is 1. The molecule has 0 unspecified atom stereocenters. The van der Waals surface area contributed by atoms with Crippen LogP contribution in [0.15, 0.2) is 54.7 Å². The number of nitrogens with zero attached hydrogens (tertiary/aromatic N) is 3. The fourth-order valence-corrected chi connectivity index (χ4v) is 4.74. The molecule has 1 aliphatic rings. The van der Waals surface area contributed by atoms with Crippen LogP contribution in [-0.4, -0.2) is 55.6 Å². The Balaban J connectivity index is 1.37. The molecule has 0 bridgehead atoms. The second kappa shape index (κ2) is 10.2. The number of aromatic nitrogens is 1. The van der Waals surface area contributed by atoms with Crippen molar-refractivity contribution >= 4 is 22.5 Å². The lowest BCUT2D eigenvalue weighted by molar-refractivity contribution is -0.121. The smallest absolute Gasteiger partial charge is 0.239 e. The molecule has 1 aromatic heterocycles. The molecule has 1 N–H and O–H groups in total. The Hall–Kier alpha value is -2.79. The number of anilines is 1. The Morgan fingerprint density at radius 2 is 1.69 bits per heavy atom. The van der Waals surface area contributed by atoms with Gasteiger partial charge in [0.1, 0.15) is 6.54 Å². The monoisotopic (exact) mass is 432 g/mol. The zero-order chi connectivity index (χ0) is 22.5. The zero-order valence-corrected chi connectivity index (χ0v) is 19.7. The van der Waals surface area contributed by atoms with Gasteiger partial charge in [0.25, 0.3) is 0 Å². The second-order valence-corrected chi connectivity index (χ2v) is 9.28. The van der Waals surface area contributed by atoms with Gasteiger partial charge in [0, 0.05) is 50.6 Å². The first-order chi connectivity index (χ1) is 15.5. The molecule has 5 heteroatoms. The number of rotatable bonds is 8. The number of hydrogen-bond acceptors (Lipinski definition) is 3. The summed E-state index contributed by atoms with van der Waals surface area (Å²) in [4.78, 5) is 17.1. The number of nitrogens with one attached hydrogen (secondary N) is 1. The predicted molar refractivity (Wildman–Crippen MR) is 134 cm³/mol. The molecule has 0 saturated heterocycles. The van der Waals surface area contributed by atoms with E-state index in [-0.39, 0.29) is 5.91 Å². The maximum absolute atomic E-state index is 12.6. The first kappa shape index (κ1) is 22.4. The highest BCUT2D eigenvalue weighted by molar-refractivity contribution is 5.87. The SMILES string of the molecule is CN(C)c1ccc(-c2ccc3ccn(CC(=O)NCCN(C)C4CCCCC4)c3c2)cc1. The molecule has 32 heavy (non-hydrogen) atoms. The third-order valence-corrected chi connectivity index (χ3v) is 6.79. The van der Waals surface area contributed by atoms with E-state index < -0.39 is 0 Å². The fraction of sp³-hybridized carbons (Fsp3) is 0.444. The second-order valence-electron chi connectivity index (χ2n) is 9.28. The topological polar surface area (TPSA) is 40.5 Å². The standard InChI is InChI=1S/C27H36N4O/c1-29(2)24-13-11-21(12-14-24)23-10-9-22-15-17-31(26(22)19-23)20-27(32)28-16-18-30(3)25-7-5-4-6-8-25/h9-15,17,19,25H,4-8,16,18,20H2,1-3H3,(H,28,32). The molecule has 4 rings (SSSR count). The summed E-state index contributed by atoms with van der Waals surface area (Å²) in [5, 5.41) is 4.27. The van der Waals surface area contributed by atoms with Gasteiger partial charge in [-0.3, -0.25) is 4.79 Å². The molecule has 1 amide bonds. The number of carbonyl (C=O) groups is 1. The predicted octanol–water partition coefficient (Wildman–Crippen LogP) is 4.76. The molecule has 1 aliphatic carbocycles. The highest BCUT2D eigenvalue weighted by Crippen LogP contribution is 2.27. The van der Waals surface area contributed by atoms with E-state index >= 15 is 0 Å². The van der Waals surface area contributed by atoms with Gasteiger partial charge < -0.3 is 19.7 Å². The maximum Gasteiger partial charge on any atom is 0.239 e.